The average Bonchev–Trinajstić information content (AvgIpc) is 2.70. The summed E-state index contributed by atoms with van der Waals surface area (Å²) in [5.41, 5.74) is 1.58. The number of hydrogen-bond donors (Lipinski definition) is 1. The second-order valence-electron chi connectivity index (χ2n) is 3.96. The van der Waals surface area contributed by atoms with Crippen LogP contribution in [0.1, 0.15) is 0 Å². The summed E-state index contributed by atoms with van der Waals surface area (Å²) in [5, 5.41) is 8.07. The number of thioether (sulfide) groups is 1. The normalized spacial score (nSPS) is 12.0. The zero-order chi connectivity index (χ0) is 13.9. The van der Waals surface area contributed by atoms with E-state index in [1.807, 2.05) is 0 Å². The van der Waals surface area contributed by atoms with E-state index in [-0.39, 0.29) is 0 Å². The third-order valence-corrected chi connectivity index (χ3v) is 3.49. The number of nitrogens with zero attached hydrogens (tertiary/aromatic N) is 3. The SMILES string of the molecule is Cn1ncc2c(NCCSCC(F)(F)F)ccnc21. The van der Waals surface area contributed by atoms with Crippen molar-refractivity contribution in [2.75, 3.05) is 23.4 Å². The van der Waals surface area contributed by atoms with Crippen LogP contribution in [-0.4, -0.2) is 39.0 Å². The van der Waals surface area contributed by atoms with Gasteiger partial charge in [-0.1, -0.05) is 0 Å². The summed E-state index contributed by atoms with van der Waals surface area (Å²) in [6, 6.07) is 1.79. The van der Waals surface area contributed by atoms with E-state index >= 15 is 0 Å². The first-order valence-corrected chi connectivity index (χ1v) is 6.78. The molecule has 0 aromatic carbocycles. The fraction of sp³-hybridized carbons (Fsp3) is 0.455. The number of fused-ring (bicyclic) bond motifs is 1. The quantitative estimate of drug-likeness (QED) is 0.860. The average molecular weight is 290 g/mol. The van der Waals surface area contributed by atoms with Crippen LogP contribution in [0.25, 0.3) is 11.0 Å². The summed E-state index contributed by atoms with van der Waals surface area (Å²) in [6.45, 7) is 0.467. The molecule has 0 amide bonds. The van der Waals surface area contributed by atoms with E-state index in [1.165, 1.54) is 0 Å². The van der Waals surface area contributed by atoms with Crippen molar-refractivity contribution in [3.8, 4) is 0 Å². The molecule has 0 fully saturated rings. The van der Waals surface area contributed by atoms with Gasteiger partial charge in [-0.3, -0.25) is 4.68 Å². The van der Waals surface area contributed by atoms with Gasteiger partial charge in [-0.25, -0.2) is 4.98 Å². The molecular formula is C11H13F3N4S. The summed E-state index contributed by atoms with van der Waals surface area (Å²) in [5.74, 6) is -0.420. The van der Waals surface area contributed by atoms with Crippen LogP contribution in [0.3, 0.4) is 0 Å². The molecule has 104 valence electrons. The molecule has 0 aliphatic heterocycles. The molecule has 4 nitrogen and oxygen atoms in total. The predicted octanol–water partition coefficient (Wildman–Crippen LogP) is 2.68. The van der Waals surface area contributed by atoms with E-state index < -0.39 is 11.9 Å². The number of hydrogen-bond acceptors (Lipinski definition) is 4. The lowest BCUT2D eigenvalue weighted by Crippen LogP contribution is -2.13. The number of rotatable bonds is 5. The Kier molecular flexibility index (Phi) is 4.18. The van der Waals surface area contributed by atoms with Crippen LogP contribution in [0, 0.1) is 0 Å². The number of halogens is 3. The van der Waals surface area contributed by atoms with Crippen molar-refractivity contribution in [1.29, 1.82) is 0 Å². The molecule has 0 aliphatic rings. The van der Waals surface area contributed by atoms with E-state index in [4.69, 9.17) is 0 Å². The van der Waals surface area contributed by atoms with Gasteiger partial charge in [0.1, 0.15) is 0 Å². The maximum Gasteiger partial charge on any atom is 0.397 e. The predicted molar refractivity (Wildman–Crippen MR) is 70.4 cm³/mol. The van der Waals surface area contributed by atoms with Crippen molar-refractivity contribution in [3.63, 3.8) is 0 Å². The Labute approximate surface area is 112 Å². The summed E-state index contributed by atoms with van der Waals surface area (Å²) in [7, 11) is 1.79. The Hall–Kier alpha value is -1.44. The van der Waals surface area contributed by atoms with Crippen molar-refractivity contribution in [3.05, 3.63) is 18.5 Å². The van der Waals surface area contributed by atoms with Gasteiger partial charge in [-0.05, 0) is 6.07 Å². The maximum atomic E-state index is 12.0. The molecular weight excluding hydrogens is 277 g/mol. The lowest BCUT2D eigenvalue weighted by molar-refractivity contribution is -0.105. The van der Waals surface area contributed by atoms with Crippen molar-refractivity contribution >= 4 is 28.5 Å². The lowest BCUT2D eigenvalue weighted by Gasteiger charge is -2.08. The zero-order valence-corrected chi connectivity index (χ0v) is 11.1. The van der Waals surface area contributed by atoms with Crippen molar-refractivity contribution < 1.29 is 13.2 Å². The Balaban J connectivity index is 1.88. The van der Waals surface area contributed by atoms with Crippen LogP contribution < -0.4 is 5.32 Å². The monoisotopic (exact) mass is 290 g/mol. The molecule has 0 atom stereocenters. The molecule has 8 heteroatoms. The second-order valence-corrected chi connectivity index (χ2v) is 5.06. The molecule has 1 N–H and O–H groups in total. The number of aryl methyl sites for hydroxylation is 1. The number of anilines is 1. The molecule has 2 heterocycles. The van der Waals surface area contributed by atoms with Crippen LogP contribution in [0.4, 0.5) is 18.9 Å². The van der Waals surface area contributed by atoms with Gasteiger partial charge in [0.05, 0.1) is 17.3 Å². The minimum atomic E-state index is -4.10. The summed E-state index contributed by atoms with van der Waals surface area (Å²) in [4.78, 5) is 4.18. The van der Waals surface area contributed by atoms with E-state index in [1.54, 1.807) is 30.2 Å². The molecule has 2 rings (SSSR count). The van der Waals surface area contributed by atoms with Crippen LogP contribution in [0.5, 0.6) is 0 Å². The standard InChI is InChI=1S/C11H13F3N4S/c1-18-10-8(6-17-18)9(2-3-16-10)15-4-5-19-7-11(12,13)14/h2-3,6H,4-5,7H2,1H3,(H,15,16). The number of pyridine rings is 1. The number of aromatic nitrogens is 3. The van der Waals surface area contributed by atoms with Crippen LogP contribution >= 0.6 is 11.8 Å². The molecule has 0 radical (unpaired) electrons. The molecule has 0 aliphatic carbocycles. The Morgan fingerprint density at radius 1 is 1.42 bits per heavy atom. The molecule has 2 aromatic heterocycles. The fourth-order valence-corrected chi connectivity index (χ4v) is 2.27. The number of nitrogens with one attached hydrogen (secondary N) is 1. The van der Waals surface area contributed by atoms with E-state index in [9.17, 15) is 13.2 Å². The first-order valence-electron chi connectivity index (χ1n) is 5.62. The minimum Gasteiger partial charge on any atom is -0.384 e. The molecule has 0 spiro atoms. The van der Waals surface area contributed by atoms with Gasteiger partial charge in [-0.15, -0.1) is 0 Å². The van der Waals surface area contributed by atoms with Crippen LogP contribution in [0.15, 0.2) is 18.5 Å². The second kappa shape index (κ2) is 5.68. The van der Waals surface area contributed by atoms with Crippen LogP contribution in [-0.2, 0) is 7.05 Å². The van der Waals surface area contributed by atoms with Gasteiger partial charge < -0.3 is 5.32 Å². The first kappa shape index (κ1) is 14.0. The Bertz CT molecular complexity index is 552. The fourth-order valence-electron chi connectivity index (χ4n) is 1.65. The summed E-state index contributed by atoms with van der Waals surface area (Å²) in [6.07, 6.45) is -0.763. The van der Waals surface area contributed by atoms with Gasteiger partial charge in [0.25, 0.3) is 0 Å². The highest BCUT2D eigenvalue weighted by Crippen LogP contribution is 2.22. The highest BCUT2D eigenvalue weighted by Gasteiger charge is 2.26. The van der Waals surface area contributed by atoms with Crippen molar-refractivity contribution in [2.45, 2.75) is 6.18 Å². The smallest absolute Gasteiger partial charge is 0.384 e. The largest absolute Gasteiger partial charge is 0.397 e. The van der Waals surface area contributed by atoms with Gasteiger partial charge in [-0.2, -0.15) is 30.0 Å². The highest BCUT2D eigenvalue weighted by atomic mass is 32.2. The van der Waals surface area contributed by atoms with Crippen molar-refractivity contribution in [2.24, 2.45) is 7.05 Å². The summed E-state index contributed by atoms with van der Waals surface area (Å²) < 4.78 is 37.5. The van der Waals surface area contributed by atoms with Gasteiger partial charge in [0.15, 0.2) is 5.65 Å². The molecule has 0 saturated carbocycles. The molecule has 2 aromatic rings. The lowest BCUT2D eigenvalue weighted by atomic mass is 10.3. The minimum absolute atomic E-state index is 0.392. The maximum absolute atomic E-state index is 12.0. The Morgan fingerprint density at radius 3 is 2.95 bits per heavy atom. The zero-order valence-electron chi connectivity index (χ0n) is 10.2. The molecule has 0 bridgehead atoms. The third-order valence-electron chi connectivity index (χ3n) is 2.46. The number of alkyl halides is 3. The van der Waals surface area contributed by atoms with Crippen LogP contribution in [0.2, 0.25) is 0 Å². The molecule has 0 unspecified atom stereocenters. The Morgan fingerprint density at radius 2 is 2.21 bits per heavy atom. The first-order chi connectivity index (χ1) is 8.97. The third kappa shape index (κ3) is 3.76. The van der Waals surface area contributed by atoms with Crippen molar-refractivity contribution in [1.82, 2.24) is 14.8 Å². The highest BCUT2D eigenvalue weighted by molar-refractivity contribution is 7.99. The molecule has 0 saturated heterocycles. The summed E-state index contributed by atoms with van der Waals surface area (Å²) >= 11 is 0.866. The topological polar surface area (TPSA) is 42.7 Å². The van der Waals surface area contributed by atoms with E-state index in [2.05, 4.69) is 15.4 Å². The van der Waals surface area contributed by atoms with Gasteiger partial charge >= 0.3 is 6.18 Å². The van der Waals surface area contributed by atoms with E-state index in [0.29, 0.717) is 12.3 Å². The van der Waals surface area contributed by atoms with Gasteiger partial charge in [0.2, 0.25) is 0 Å². The molecule has 19 heavy (non-hydrogen) atoms. The van der Waals surface area contributed by atoms with E-state index in [0.717, 1.165) is 28.5 Å². The van der Waals surface area contributed by atoms with Gasteiger partial charge in [0, 0.05) is 31.2 Å².